The van der Waals surface area contributed by atoms with Gasteiger partial charge in [0.15, 0.2) is 5.78 Å². The number of para-hydroxylation sites is 1. The summed E-state index contributed by atoms with van der Waals surface area (Å²) in [5, 5.41) is 3.79. The predicted molar refractivity (Wildman–Crippen MR) is 153 cm³/mol. The Morgan fingerprint density at radius 1 is 0.919 bits per heavy atom. The molecule has 1 saturated heterocycles. The molecule has 3 heterocycles. The van der Waals surface area contributed by atoms with Crippen LogP contribution in [0.1, 0.15) is 40.5 Å². The summed E-state index contributed by atoms with van der Waals surface area (Å²) in [6.45, 7) is 2.96. The third kappa shape index (κ3) is 2.97. The zero-order valence-electron chi connectivity index (χ0n) is 20.1. The monoisotopic (exact) mass is 518 g/mol. The fourth-order valence-corrected chi connectivity index (χ4v) is 7.70. The number of hydrogen-bond acceptors (Lipinski definition) is 5. The van der Waals surface area contributed by atoms with E-state index in [2.05, 4.69) is 96.0 Å². The molecule has 1 aliphatic carbocycles. The molecular formula is C31H22N2O2S2. The molecule has 3 aromatic carbocycles. The number of ketones is 1. The Labute approximate surface area is 224 Å². The normalized spacial score (nSPS) is 17.9. The Kier molecular flexibility index (Phi) is 4.87. The fourth-order valence-electron chi connectivity index (χ4n) is 6.24. The second-order valence-electron chi connectivity index (χ2n) is 9.51. The molecule has 0 saturated carbocycles. The molecule has 0 bridgehead atoms. The van der Waals surface area contributed by atoms with Crippen molar-refractivity contribution < 1.29 is 9.59 Å². The van der Waals surface area contributed by atoms with Crippen molar-refractivity contribution in [3.8, 4) is 11.1 Å². The highest BCUT2D eigenvalue weighted by atomic mass is 32.1. The summed E-state index contributed by atoms with van der Waals surface area (Å²) in [6.07, 6.45) is 1.80. The highest BCUT2D eigenvalue weighted by Crippen LogP contribution is 2.63. The van der Waals surface area contributed by atoms with Crippen molar-refractivity contribution >= 4 is 57.0 Å². The zero-order valence-corrected chi connectivity index (χ0v) is 21.7. The van der Waals surface area contributed by atoms with E-state index in [1.54, 1.807) is 17.4 Å². The van der Waals surface area contributed by atoms with Crippen LogP contribution in [0.4, 0.5) is 10.7 Å². The first-order valence-electron chi connectivity index (χ1n) is 12.3. The molecule has 0 atom stereocenters. The van der Waals surface area contributed by atoms with Crippen molar-refractivity contribution in [3.63, 3.8) is 0 Å². The highest BCUT2D eigenvalue weighted by Gasteiger charge is 2.52. The molecule has 6 heteroatoms. The van der Waals surface area contributed by atoms with Crippen LogP contribution in [0.25, 0.3) is 17.2 Å². The van der Waals surface area contributed by atoms with E-state index in [0.717, 1.165) is 16.4 Å². The van der Waals surface area contributed by atoms with E-state index >= 15 is 0 Å². The van der Waals surface area contributed by atoms with E-state index in [1.807, 2.05) is 0 Å². The molecule has 1 amide bonds. The number of thiophene rings is 1. The number of rotatable bonds is 2. The first-order valence-corrected chi connectivity index (χ1v) is 13.6. The van der Waals surface area contributed by atoms with Gasteiger partial charge in [-0.25, -0.2) is 0 Å². The second-order valence-corrected chi connectivity index (χ2v) is 11.1. The number of amides is 1. The van der Waals surface area contributed by atoms with Crippen LogP contribution >= 0.6 is 23.6 Å². The van der Waals surface area contributed by atoms with Crippen LogP contribution in [0.2, 0.25) is 0 Å². The lowest BCUT2D eigenvalue weighted by molar-refractivity contribution is -0.122. The second kappa shape index (κ2) is 8.07. The maximum Gasteiger partial charge on any atom is 0.259 e. The third-order valence-corrected chi connectivity index (χ3v) is 9.01. The van der Waals surface area contributed by atoms with Gasteiger partial charge in [-0.1, -0.05) is 78.9 Å². The minimum atomic E-state index is -0.488. The average molecular weight is 519 g/mol. The lowest BCUT2D eigenvalue weighted by Gasteiger charge is -2.43. The van der Waals surface area contributed by atoms with Gasteiger partial charge in [0.25, 0.3) is 5.91 Å². The number of nitrogens with zero attached hydrogens (tertiary/aromatic N) is 1. The number of Topliss-reactive ketones (excluding diaryl/α,β-unsaturated/α-hetero) is 1. The highest BCUT2D eigenvalue weighted by molar-refractivity contribution is 7.80. The largest absolute Gasteiger partial charge is 0.333 e. The molecule has 1 spiro atoms. The van der Waals surface area contributed by atoms with E-state index in [9.17, 15) is 9.59 Å². The number of piperidine rings is 1. The Bertz CT molecular complexity index is 1630. The maximum atomic E-state index is 12.7. The summed E-state index contributed by atoms with van der Waals surface area (Å²) in [5.74, 6) is -0.656. The number of carbonyl (C=O) groups is 2. The van der Waals surface area contributed by atoms with Crippen molar-refractivity contribution in [2.45, 2.75) is 18.8 Å². The zero-order chi connectivity index (χ0) is 25.3. The molecule has 4 aromatic rings. The van der Waals surface area contributed by atoms with Crippen LogP contribution in [-0.2, 0) is 15.0 Å². The lowest BCUT2D eigenvalue weighted by Crippen LogP contribution is -2.39. The minimum absolute atomic E-state index is 0.0647. The summed E-state index contributed by atoms with van der Waals surface area (Å²) < 4.78 is 0. The first kappa shape index (κ1) is 22.3. The Morgan fingerprint density at radius 3 is 2.19 bits per heavy atom. The molecule has 180 valence electrons. The van der Waals surface area contributed by atoms with Gasteiger partial charge < -0.3 is 10.2 Å². The van der Waals surface area contributed by atoms with E-state index in [0.29, 0.717) is 0 Å². The van der Waals surface area contributed by atoms with Crippen LogP contribution in [0.3, 0.4) is 0 Å². The van der Waals surface area contributed by atoms with Gasteiger partial charge in [0.1, 0.15) is 5.00 Å². The molecule has 1 N–H and O–H groups in total. The number of nitrogens with one attached hydrogen (secondary N) is 1. The van der Waals surface area contributed by atoms with Gasteiger partial charge in [-0.3, -0.25) is 9.59 Å². The summed E-state index contributed by atoms with van der Waals surface area (Å²) in [4.78, 5) is 28.9. The van der Waals surface area contributed by atoms with Crippen LogP contribution < -0.4 is 10.2 Å². The van der Waals surface area contributed by atoms with Crippen LogP contribution in [0.5, 0.6) is 0 Å². The van der Waals surface area contributed by atoms with Gasteiger partial charge in [0, 0.05) is 22.7 Å². The Balaban J connectivity index is 1.55. The lowest BCUT2D eigenvalue weighted by atomic mass is 9.66. The SMILES string of the molecule is CCN1c2ccccc2C2(c3ccccc3-c3ccccc32)c2cc(/C=C3\C(=O)CC(=S)NC3=O)sc21. The topological polar surface area (TPSA) is 49.4 Å². The number of anilines is 2. The molecule has 0 radical (unpaired) electrons. The molecule has 37 heavy (non-hydrogen) atoms. The third-order valence-electron chi connectivity index (χ3n) is 7.65. The van der Waals surface area contributed by atoms with E-state index in [4.69, 9.17) is 12.2 Å². The Morgan fingerprint density at radius 2 is 1.54 bits per heavy atom. The van der Waals surface area contributed by atoms with Crippen molar-refractivity contribution in [2.24, 2.45) is 0 Å². The number of fused-ring (bicyclic) bond motifs is 9. The molecule has 4 nitrogen and oxygen atoms in total. The van der Waals surface area contributed by atoms with Gasteiger partial charge in [-0.05, 0) is 52.9 Å². The molecule has 1 fully saturated rings. The average Bonchev–Trinajstić information content (AvgIpc) is 3.45. The summed E-state index contributed by atoms with van der Waals surface area (Å²) in [6, 6.07) is 28.2. The maximum absolute atomic E-state index is 12.7. The van der Waals surface area contributed by atoms with Gasteiger partial charge in [-0.15, -0.1) is 11.3 Å². The van der Waals surface area contributed by atoms with E-state index in [-0.39, 0.29) is 22.8 Å². The number of hydrogen-bond donors (Lipinski definition) is 1. The minimum Gasteiger partial charge on any atom is -0.333 e. The standard InChI is InChI=1S/C31H22N2O2S2/c1-2-33-26-14-8-7-13-24(26)31(22-11-5-3-9-19(22)20-10-4-6-12-23(20)31)25-16-18(37-30(25)33)15-21-27(34)17-28(36)32-29(21)35/h3-16H,2,17H2,1H3,(H,32,35,36)/b21-15+. The Hall–Kier alpha value is -3.87. The van der Waals surface area contributed by atoms with Gasteiger partial charge >= 0.3 is 0 Å². The molecule has 1 aromatic heterocycles. The van der Waals surface area contributed by atoms with Crippen molar-refractivity contribution in [3.05, 3.63) is 112 Å². The van der Waals surface area contributed by atoms with Gasteiger partial charge in [-0.2, -0.15) is 0 Å². The smallest absolute Gasteiger partial charge is 0.259 e. The molecule has 7 rings (SSSR count). The van der Waals surface area contributed by atoms with Crippen molar-refractivity contribution in [1.29, 1.82) is 0 Å². The van der Waals surface area contributed by atoms with Crippen molar-refractivity contribution in [2.75, 3.05) is 11.4 Å². The molecule has 0 unspecified atom stereocenters. The van der Waals surface area contributed by atoms with Crippen LogP contribution in [-0.4, -0.2) is 23.2 Å². The van der Waals surface area contributed by atoms with E-state index in [1.165, 1.54) is 39.1 Å². The van der Waals surface area contributed by atoms with Crippen LogP contribution in [0.15, 0.2) is 84.4 Å². The van der Waals surface area contributed by atoms with Crippen molar-refractivity contribution in [1.82, 2.24) is 5.32 Å². The predicted octanol–water partition coefficient (Wildman–Crippen LogP) is 6.38. The van der Waals surface area contributed by atoms with Gasteiger partial charge in [0.2, 0.25) is 0 Å². The summed E-state index contributed by atoms with van der Waals surface area (Å²) in [7, 11) is 0. The molecular weight excluding hydrogens is 496 g/mol. The van der Waals surface area contributed by atoms with Crippen LogP contribution in [0, 0.1) is 0 Å². The first-order chi connectivity index (χ1) is 18.0. The number of carbonyl (C=O) groups excluding carboxylic acids is 2. The molecule has 3 aliphatic rings. The fraction of sp³-hybridized carbons (Fsp3) is 0.129. The van der Waals surface area contributed by atoms with Gasteiger partial charge in [0.05, 0.1) is 22.4 Å². The summed E-state index contributed by atoms with van der Waals surface area (Å²) in [5.41, 5.74) is 8.28. The summed E-state index contributed by atoms with van der Waals surface area (Å²) >= 11 is 6.70. The number of benzene rings is 3. The quantitative estimate of drug-likeness (QED) is 0.167. The molecule has 2 aliphatic heterocycles. The number of thiocarbonyl (C=S) groups is 1. The van der Waals surface area contributed by atoms with E-state index < -0.39 is 11.3 Å².